The molecule has 1 aromatic carbocycles. The lowest BCUT2D eigenvalue weighted by atomic mass is 9.98. The van der Waals surface area contributed by atoms with E-state index < -0.39 is 0 Å². The molecule has 0 radical (unpaired) electrons. The lowest BCUT2D eigenvalue weighted by molar-refractivity contribution is -0.131. The smallest absolute Gasteiger partial charge is 0.244 e. The van der Waals surface area contributed by atoms with Gasteiger partial charge in [0.1, 0.15) is 6.04 Å². The van der Waals surface area contributed by atoms with Gasteiger partial charge in [-0.1, -0.05) is 12.1 Å². The summed E-state index contributed by atoms with van der Waals surface area (Å²) in [5.41, 5.74) is 1.62. The summed E-state index contributed by atoms with van der Waals surface area (Å²) in [6, 6.07) is 7.33. The van der Waals surface area contributed by atoms with Crippen LogP contribution in [0.2, 0.25) is 0 Å². The second-order valence-electron chi connectivity index (χ2n) is 5.07. The number of hydrogen-bond donors (Lipinski definition) is 0. The van der Waals surface area contributed by atoms with Crippen LogP contribution < -0.4 is 4.90 Å². The third-order valence-electron chi connectivity index (χ3n) is 3.99. The predicted molar refractivity (Wildman–Crippen MR) is 80.1 cm³/mol. The molecule has 2 rings (SSSR count). The number of fused-ring (bicyclic) bond motifs is 1. The van der Waals surface area contributed by atoms with Crippen molar-refractivity contribution < 1.29 is 9.59 Å². The Bertz CT molecular complexity index is 509. The van der Waals surface area contributed by atoms with Gasteiger partial charge in [-0.3, -0.25) is 9.59 Å². The van der Waals surface area contributed by atoms with Crippen LogP contribution in [0.3, 0.4) is 0 Å². The topological polar surface area (TPSA) is 40.6 Å². The minimum absolute atomic E-state index is 0.124. The first-order chi connectivity index (χ1) is 9.60. The number of rotatable bonds is 4. The van der Waals surface area contributed by atoms with E-state index in [0.29, 0.717) is 26.1 Å². The van der Waals surface area contributed by atoms with Gasteiger partial charge in [0, 0.05) is 37.3 Å². The maximum absolute atomic E-state index is 12.5. The Kier molecular flexibility index (Phi) is 4.42. The van der Waals surface area contributed by atoms with Gasteiger partial charge < -0.3 is 9.80 Å². The van der Waals surface area contributed by atoms with Crippen molar-refractivity contribution >= 4 is 17.4 Å². The number of benzene rings is 1. The Labute approximate surface area is 120 Å². The van der Waals surface area contributed by atoms with Gasteiger partial charge in [0.15, 0.2) is 5.78 Å². The van der Waals surface area contributed by atoms with Crippen molar-refractivity contribution in [2.75, 3.05) is 24.5 Å². The fraction of sp³-hybridized carbons (Fsp3) is 0.500. The molecule has 0 N–H and O–H groups in total. The molecule has 1 heterocycles. The lowest BCUT2D eigenvalue weighted by Crippen LogP contribution is -2.49. The number of nitrogens with zero attached hydrogens (tertiary/aromatic N) is 2. The standard InChI is InChI=1S/C16H22N2O2/c1-4-17(5-2)16(20)12(3)18-11-10-15(19)13-8-6-7-9-14(13)18/h6-9,12H,4-5,10-11H2,1-3H3. The maximum Gasteiger partial charge on any atom is 0.244 e. The number of carbonyl (C=O) groups excluding carboxylic acids is 2. The van der Waals surface area contributed by atoms with Gasteiger partial charge >= 0.3 is 0 Å². The van der Waals surface area contributed by atoms with E-state index in [4.69, 9.17) is 0 Å². The highest BCUT2D eigenvalue weighted by Crippen LogP contribution is 2.28. The molecule has 1 unspecified atom stereocenters. The molecule has 0 saturated heterocycles. The molecule has 4 nitrogen and oxygen atoms in total. The van der Waals surface area contributed by atoms with Crippen LogP contribution in [0, 0.1) is 0 Å². The number of amides is 1. The number of carbonyl (C=O) groups is 2. The van der Waals surface area contributed by atoms with Gasteiger partial charge in [0.2, 0.25) is 5.91 Å². The molecule has 0 spiro atoms. The SMILES string of the molecule is CCN(CC)C(=O)C(C)N1CCC(=O)c2ccccc21. The molecule has 0 aliphatic carbocycles. The van der Waals surface area contributed by atoms with Gasteiger partial charge in [0.05, 0.1) is 0 Å². The molecule has 1 atom stereocenters. The summed E-state index contributed by atoms with van der Waals surface area (Å²) >= 11 is 0. The highest BCUT2D eigenvalue weighted by atomic mass is 16.2. The fourth-order valence-electron chi connectivity index (χ4n) is 2.77. The van der Waals surface area contributed by atoms with E-state index in [1.165, 1.54) is 0 Å². The molecule has 1 aromatic rings. The van der Waals surface area contributed by atoms with Crippen LogP contribution in [0.5, 0.6) is 0 Å². The van der Waals surface area contributed by atoms with Gasteiger partial charge in [-0.05, 0) is 32.9 Å². The first-order valence-corrected chi connectivity index (χ1v) is 7.27. The second-order valence-corrected chi connectivity index (χ2v) is 5.07. The van der Waals surface area contributed by atoms with Crippen molar-refractivity contribution in [2.24, 2.45) is 0 Å². The summed E-state index contributed by atoms with van der Waals surface area (Å²) in [7, 11) is 0. The third-order valence-corrected chi connectivity index (χ3v) is 3.99. The summed E-state index contributed by atoms with van der Waals surface area (Å²) in [5.74, 6) is 0.290. The van der Waals surface area contributed by atoms with Crippen LogP contribution in [-0.4, -0.2) is 42.3 Å². The first kappa shape index (κ1) is 14.6. The number of hydrogen-bond acceptors (Lipinski definition) is 3. The number of Topliss-reactive ketones (excluding diaryl/α,β-unsaturated/α-hetero) is 1. The zero-order valence-electron chi connectivity index (χ0n) is 12.4. The van der Waals surface area contributed by atoms with E-state index in [9.17, 15) is 9.59 Å². The molecule has 20 heavy (non-hydrogen) atoms. The van der Waals surface area contributed by atoms with Crippen LogP contribution in [0.25, 0.3) is 0 Å². The molecule has 1 aliphatic rings. The molecule has 4 heteroatoms. The fourth-order valence-corrected chi connectivity index (χ4v) is 2.77. The molecule has 1 aliphatic heterocycles. The van der Waals surface area contributed by atoms with Gasteiger partial charge in [-0.15, -0.1) is 0 Å². The highest BCUT2D eigenvalue weighted by Gasteiger charge is 2.30. The van der Waals surface area contributed by atoms with Crippen LogP contribution in [0.4, 0.5) is 5.69 Å². The molecular weight excluding hydrogens is 252 g/mol. The van der Waals surface area contributed by atoms with Crippen molar-refractivity contribution in [1.29, 1.82) is 0 Å². The molecule has 0 saturated carbocycles. The average molecular weight is 274 g/mol. The van der Waals surface area contributed by atoms with Crippen molar-refractivity contribution in [2.45, 2.75) is 33.2 Å². The molecule has 108 valence electrons. The highest BCUT2D eigenvalue weighted by molar-refractivity contribution is 6.04. The van der Waals surface area contributed by atoms with E-state index in [0.717, 1.165) is 11.3 Å². The van der Waals surface area contributed by atoms with Crippen molar-refractivity contribution in [1.82, 2.24) is 4.90 Å². The lowest BCUT2D eigenvalue weighted by Gasteiger charge is -2.36. The molecule has 0 bridgehead atoms. The minimum atomic E-state index is -0.232. The van der Waals surface area contributed by atoms with E-state index in [2.05, 4.69) is 4.90 Å². The van der Waals surface area contributed by atoms with Gasteiger partial charge in [-0.2, -0.15) is 0 Å². The largest absolute Gasteiger partial charge is 0.359 e. The monoisotopic (exact) mass is 274 g/mol. The molecule has 1 amide bonds. The molecule has 0 aromatic heterocycles. The van der Waals surface area contributed by atoms with Crippen molar-refractivity contribution in [3.63, 3.8) is 0 Å². The minimum Gasteiger partial charge on any atom is -0.359 e. The van der Waals surface area contributed by atoms with Crippen LogP contribution in [0.1, 0.15) is 37.6 Å². The Morgan fingerprint density at radius 3 is 2.60 bits per heavy atom. The van der Waals surface area contributed by atoms with E-state index >= 15 is 0 Å². The first-order valence-electron chi connectivity index (χ1n) is 7.27. The second kappa shape index (κ2) is 6.07. The summed E-state index contributed by atoms with van der Waals surface area (Å²) in [6.07, 6.45) is 0.479. The van der Waals surface area contributed by atoms with E-state index in [-0.39, 0.29) is 17.7 Å². The van der Waals surface area contributed by atoms with Crippen LogP contribution >= 0.6 is 0 Å². The third kappa shape index (κ3) is 2.55. The zero-order valence-corrected chi connectivity index (χ0v) is 12.4. The zero-order chi connectivity index (χ0) is 14.7. The number of para-hydroxylation sites is 1. The van der Waals surface area contributed by atoms with Crippen molar-refractivity contribution in [3.8, 4) is 0 Å². The summed E-state index contributed by atoms with van der Waals surface area (Å²) in [5, 5.41) is 0. The Morgan fingerprint density at radius 1 is 1.30 bits per heavy atom. The van der Waals surface area contributed by atoms with E-state index in [1.807, 2.05) is 49.9 Å². The summed E-state index contributed by atoms with van der Waals surface area (Å²) in [6.45, 7) is 7.95. The number of ketones is 1. The van der Waals surface area contributed by atoms with Crippen molar-refractivity contribution in [3.05, 3.63) is 29.8 Å². The maximum atomic E-state index is 12.5. The van der Waals surface area contributed by atoms with Gasteiger partial charge in [-0.25, -0.2) is 0 Å². The summed E-state index contributed by atoms with van der Waals surface area (Å²) in [4.78, 5) is 28.3. The number of likely N-dealkylation sites (N-methyl/N-ethyl adjacent to an activating group) is 1. The normalized spacial score (nSPS) is 15.8. The molecular formula is C16H22N2O2. The Morgan fingerprint density at radius 2 is 1.95 bits per heavy atom. The summed E-state index contributed by atoms with van der Waals surface area (Å²) < 4.78 is 0. The predicted octanol–water partition coefficient (Wildman–Crippen LogP) is 2.34. The van der Waals surface area contributed by atoms with E-state index in [1.54, 1.807) is 0 Å². The number of anilines is 1. The Balaban J connectivity index is 2.28. The Hall–Kier alpha value is -1.84. The quantitative estimate of drug-likeness (QED) is 0.846. The van der Waals surface area contributed by atoms with Crippen LogP contribution in [0.15, 0.2) is 24.3 Å². The van der Waals surface area contributed by atoms with Crippen LogP contribution in [-0.2, 0) is 4.79 Å². The average Bonchev–Trinajstić information content (AvgIpc) is 2.48. The molecule has 0 fully saturated rings. The van der Waals surface area contributed by atoms with Gasteiger partial charge in [0.25, 0.3) is 0 Å².